The zero-order valence-electron chi connectivity index (χ0n) is 4.25. The first-order chi connectivity index (χ1) is 4.19. The minimum Gasteiger partial charge on any atom is -0.469 e. The third kappa shape index (κ3) is 1.43. The second-order valence-electron chi connectivity index (χ2n) is 1.15. The molecule has 0 atom stereocenters. The summed E-state index contributed by atoms with van der Waals surface area (Å²) in [6.45, 7) is 0. The van der Waals surface area contributed by atoms with Crippen LogP contribution in [-0.4, -0.2) is 31.8 Å². The number of hydrogen-bond donors (Lipinski definition) is 2. The van der Waals surface area contributed by atoms with Crippen molar-refractivity contribution in [2.75, 3.05) is 0 Å². The summed E-state index contributed by atoms with van der Waals surface area (Å²) in [4.78, 5) is 9.54. The van der Waals surface area contributed by atoms with Crippen LogP contribution in [0.5, 0.6) is 0 Å². The maximum Gasteiger partial charge on any atom is 0.440 e. The van der Waals surface area contributed by atoms with Crippen molar-refractivity contribution in [2.24, 2.45) is 0 Å². The van der Waals surface area contributed by atoms with Gasteiger partial charge in [-0.1, -0.05) is 0 Å². The summed E-state index contributed by atoms with van der Waals surface area (Å²) >= 11 is 0. The van der Waals surface area contributed by atoms with E-state index in [0.717, 1.165) is 0 Å². The summed E-state index contributed by atoms with van der Waals surface area (Å²) < 4.78 is 46.9. The molecule has 2 N–H and O–H groups in total. The Balaban J connectivity index is 5.43. The highest BCUT2D eigenvalue weighted by Gasteiger charge is 2.35. The summed E-state index contributed by atoms with van der Waals surface area (Å²) in [6, 6.07) is 0. The summed E-state index contributed by atoms with van der Waals surface area (Å²) in [7, 11) is -11.0. The van der Waals surface area contributed by atoms with Gasteiger partial charge in [0, 0.05) is 0 Å². The van der Waals surface area contributed by atoms with Gasteiger partial charge in [0.15, 0.2) is 0 Å². The van der Waals surface area contributed by atoms with Crippen LogP contribution in [0, 0.1) is 0 Å². The Bertz CT molecular complexity index is 328. The average Bonchev–Trinajstić information content (AvgIpc) is 1.62. The summed E-state index contributed by atoms with van der Waals surface area (Å²) in [5.41, 5.74) is 0. The van der Waals surface area contributed by atoms with Crippen molar-refractivity contribution >= 4 is 23.3 Å². The molecule has 0 unspecified atom stereocenters. The van der Waals surface area contributed by atoms with Crippen LogP contribution in [0.25, 0.3) is 0 Å². The van der Waals surface area contributed by atoms with Crippen molar-refractivity contribution in [3.05, 3.63) is 0 Å². The smallest absolute Gasteiger partial charge is 0.440 e. The molecule has 0 aromatic rings. The lowest BCUT2D eigenvalue weighted by Crippen LogP contribution is -2.21. The highest BCUT2D eigenvalue weighted by Crippen LogP contribution is 1.99. The van der Waals surface area contributed by atoms with Crippen LogP contribution in [0.3, 0.4) is 0 Å². The van der Waals surface area contributed by atoms with Gasteiger partial charge in [-0.05, 0) is 0 Å². The SMILES string of the molecule is O=C(O)S(=O)(=O)S(=O)(=O)O. The first-order valence-corrected chi connectivity index (χ1v) is 5.09. The first kappa shape index (κ1) is 9.33. The van der Waals surface area contributed by atoms with E-state index < -0.39 is 23.3 Å². The van der Waals surface area contributed by atoms with Crippen LogP contribution in [0.4, 0.5) is 4.79 Å². The van der Waals surface area contributed by atoms with Crippen molar-refractivity contribution in [3.63, 3.8) is 0 Å². The largest absolute Gasteiger partial charge is 0.469 e. The second kappa shape index (κ2) is 2.18. The Labute approximate surface area is 55.3 Å². The maximum absolute atomic E-state index is 9.91. The van der Waals surface area contributed by atoms with Crippen LogP contribution in [0.1, 0.15) is 0 Å². The molecule has 10 heavy (non-hydrogen) atoms. The number of carbonyl (C=O) groups is 1. The van der Waals surface area contributed by atoms with E-state index in [-0.39, 0.29) is 0 Å². The van der Waals surface area contributed by atoms with E-state index in [1.165, 1.54) is 0 Å². The zero-order chi connectivity index (χ0) is 8.58. The van der Waals surface area contributed by atoms with E-state index in [2.05, 4.69) is 0 Å². The number of rotatable bonds is 1. The fourth-order valence-corrected chi connectivity index (χ4v) is 0.811. The topological polar surface area (TPSA) is 126 Å². The second-order valence-corrected chi connectivity index (χ2v) is 5.84. The van der Waals surface area contributed by atoms with Crippen molar-refractivity contribution in [1.29, 1.82) is 0 Å². The highest BCUT2D eigenvalue weighted by atomic mass is 33.2. The lowest BCUT2D eigenvalue weighted by molar-refractivity contribution is 0.219. The van der Waals surface area contributed by atoms with E-state index in [9.17, 15) is 21.6 Å². The predicted octanol–water partition coefficient (Wildman–Crippen LogP) is -1.12. The average molecular weight is 190 g/mol. The summed E-state index contributed by atoms with van der Waals surface area (Å²) in [6.07, 6.45) is 0. The van der Waals surface area contributed by atoms with Crippen LogP contribution >= 0.6 is 0 Å². The molecule has 0 aromatic carbocycles. The Hall–Kier alpha value is -0.670. The lowest BCUT2D eigenvalue weighted by atomic mass is 11.6. The lowest BCUT2D eigenvalue weighted by Gasteiger charge is -1.89. The minimum absolute atomic E-state index is 2.60. The zero-order valence-corrected chi connectivity index (χ0v) is 5.89. The third-order valence-corrected chi connectivity index (χ3v) is 3.56. The summed E-state index contributed by atoms with van der Waals surface area (Å²) in [5.74, 6) is 0. The quantitative estimate of drug-likeness (QED) is 0.396. The van der Waals surface area contributed by atoms with E-state index in [1.54, 1.807) is 0 Å². The van der Waals surface area contributed by atoms with E-state index in [1.807, 2.05) is 0 Å². The maximum atomic E-state index is 9.91. The molecule has 0 fully saturated rings. The van der Waals surface area contributed by atoms with Crippen molar-refractivity contribution in [1.82, 2.24) is 0 Å². The van der Waals surface area contributed by atoms with E-state index >= 15 is 0 Å². The third-order valence-electron chi connectivity index (χ3n) is 0.491. The Morgan fingerprint density at radius 2 is 1.40 bits per heavy atom. The highest BCUT2D eigenvalue weighted by molar-refractivity contribution is 8.70. The Kier molecular flexibility index (Phi) is 2.03. The van der Waals surface area contributed by atoms with Gasteiger partial charge in [0.2, 0.25) is 0 Å². The molecular weight excluding hydrogens is 188 g/mol. The van der Waals surface area contributed by atoms with Crippen LogP contribution in [-0.2, 0) is 18.0 Å². The molecule has 0 aliphatic carbocycles. The normalized spacial score (nSPS) is 12.9. The van der Waals surface area contributed by atoms with Crippen molar-refractivity contribution < 1.29 is 31.3 Å². The van der Waals surface area contributed by atoms with Gasteiger partial charge in [-0.25, -0.2) is 4.79 Å². The molecule has 0 aromatic heterocycles. The molecular formula is CH2O7S2. The first-order valence-electron chi connectivity index (χ1n) is 1.65. The van der Waals surface area contributed by atoms with Gasteiger partial charge < -0.3 is 5.11 Å². The molecule has 60 valence electrons. The summed E-state index contributed by atoms with van der Waals surface area (Å²) in [5, 5.41) is 5.05. The molecule has 0 heterocycles. The van der Waals surface area contributed by atoms with E-state index in [4.69, 9.17) is 9.66 Å². The standard InChI is InChI=1S/CH2O7S2/c2-1(3)9(4,5)10(6,7)8/h(H,2,3)(H,6,7,8). The molecule has 9 heteroatoms. The van der Waals surface area contributed by atoms with Crippen LogP contribution in [0.2, 0.25) is 0 Å². The van der Waals surface area contributed by atoms with Gasteiger partial charge in [-0.15, -0.1) is 0 Å². The molecule has 0 aliphatic heterocycles. The monoisotopic (exact) mass is 190 g/mol. The molecule has 0 saturated carbocycles. The minimum atomic E-state index is -5.53. The number of hydrogen-bond acceptors (Lipinski definition) is 5. The molecule has 0 aliphatic rings. The van der Waals surface area contributed by atoms with E-state index in [0.29, 0.717) is 0 Å². The molecule has 0 radical (unpaired) electrons. The van der Waals surface area contributed by atoms with Gasteiger partial charge in [0.25, 0.3) is 0 Å². The molecule has 0 amide bonds. The Morgan fingerprint density at radius 1 is 1.10 bits per heavy atom. The van der Waals surface area contributed by atoms with Crippen LogP contribution < -0.4 is 0 Å². The Morgan fingerprint density at radius 3 is 1.40 bits per heavy atom. The van der Waals surface area contributed by atoms with Crippen LogP contribution in [0.15, 0.2) is 0 Å². The van der Waals surface area contributed by atoms with Gasteiger partial charge in [0.05, 0.1) is 0 Å². The van der Waals surface area contributed by atoms with Gasteiger partial charge >= 0.3 is 23.3 Å². The molecule has 0 saturated heterocycles. The number of carboxylic acid groups (broad SMARTS) is 1. The fraction of sp³-hybridized carbons (Fsp3) is 0. The van der Waals surface area contributed by atoms with Crippen molar-refractivity contribution in [3.8, 4) is 0 Å². The fourth-order valence-electron chi connectivity index (χ4n) is 0.0901. The molecule has 0 rings (SSSR count). The van der Waals surface area contributed by atoms with Crippen molar-refractivity contribution in [2.45, 2.75) is 0 Å². The molecule has 7 nitrogen and oxygen atoms in total. The van der Waals surface area contributed by atoms with Gasteiger partial charge in [-0.2, -0.15) is 16.8 Å². The van der Waals surface area contributed by atoms with Gasteiger partial charge in [-0.3, -0.25) is 4.55 Å². The van der Waals surface area contributed by atoms with Gasteiger partial charge in [0.1, 0.15) is 0 Å². The molecule has 0 spiro atoms. The predicted molar refractivity (Wildman–Crippen MR) is 28.5 cm³/mol. The molecule has 0 bridgehead atoms.